The third kappa shape index (κ3) is 3.56. The molecule has 1 amide bonds. The highest BCUT2D eigenvalue weighted by Crippen LogP contribution is 2.27. The minimum atomic E-state index is -0.880. The van der Waals surface area contributed by atoms with Crippen LogP contribution in [0.25, 0.3) is 0 Å². The summed E-state index contributed by atoms with van der Waals surface area (Å²) >= 11 is 0. The lowest BCUT2D eigenvalue weighted by Gasteiger charge is -2.28. The van der Waals surface area contributed by atoms with Crippen LogP contribution in [0, 0.1) is 11.8 Å². The van der Waals surface area contributed by atoms with Crippen molar-refractivity contribution in [3.63, 3.8) is 0 Å². The number of carboxylic acid groups (broad SMARTS) is 1. The zero-order valence-corrected chi connectivity index (χ0v) is 10.3. The standard InChI is InChI=1S/C12H20N2O3/c1-13-7-8-14(2)11(15)9-5-3-4-6-10(9)12(16)17/h3-4,9-10,13H,5-8H2,1-2H3,(H,16,17). The Balaban J connectivity index is 2.65. The molecule has 1 rings (SSSR count). The number of nitrogens with one attached hydrogen (secondary N) is 1. The number of aliphatic carboxylic acids is 1. The van der Waals surface area contributed by atoms with E-state index in [-0.39, 0.29) is 5.91 Å². The molecule has 96 valence electrons. The molecule has 5 nitrogen and oxygen atoms in total. The highest BCUT2D eigenvalue weighted by molar-refractivity contribution is 5.85. The molecule has 1 aliphatic carbocycles. The normalized spacial score (nSPS) is 23.4. The molecule has 2 atom stereocenters. The van der Waals surface area contributed by atoms with E-state index in [2.05, 4.69) is 5.32 Å². The highest BCUT2D eigenvalue weighted by atomic mass is 16.4. The van der Waals surface area contributed by atoms with Crippen molar-refractivity contribution in [3.8, 4) is 0 Å². The molecular weight excluding hydrogens is 220 g/mol. The number of allylic oxidation sites excluding steroid dienone is 2. The fourth-order valence-electron chi connectivity index (χ4n) is 2.03. The molecule has 0 radical (unpaired) electrons. The van der Waals surface area contributed by atoms with Gasteiger partial charge in [0.25, 0.3) is 0 Å². The first kappa shape index (κ1) is 13.7. The number of hydrogen-bond donors (Lipinski definition) is 2. The van der Waals surface area contributed by atoms with E-state index in [1.54, 1.807) is 11.9 Å². The molecule has 0 aromatic heterocycles. The van der Waals surface area contributed by atoms with Crippen molar-refractivity contribution >= 4 is 11.9 Å². The summed E-state index contributed by atoms with van der Waals surface area (Å²) in [5.41, 5.74) is 0. The van der Waals surface area contributed by atoms with Gasteiger partial charge in [-0.15, -0.1) is 0 Å². The van der Waals surface area contributed by atoms with Gasteiger partial charge in [-0.3, -0.25) is 9.59 Å². The lowest BCUT2D eigenvalue weighted by molar-refractivity contribution is -0.150. The van der Waals surface area contributed by atoms with Crippen molar-refractivity contribution in [1.29, 1.82) is 0 Å². The molecule has 0 heterocycles. The minimum absolute atomic E-state index is 0.0722. The molecular formula is C12H20N2O3. The Hall–Kier alpha value is -1.36. The third-order valence-corrected chi connectivity index (χ3v) is 3.14. The summed E-state index contributed by atoms with van der Waals surface area (Å²) in [5.74, 6) is -1.95. The van der Waals surface area contributed by atoms with Crippen LogP contribution in [0.15, 0.2) is 12.2 Å². The van der Waals surface area contributed by atoms with Crippen LogP contribution >= 0.6 is 0 Å². The number of hydrogen-bond acceptors (Lipinski definition) is 3. The van der Waals surface area contributed by atoms with Crippen LogP contribution in [-0.4, -0.2) is 49.1 Å². The monoisotopic (exact) mass is 240 g/mol. The molecule has 2 unspecified atom stereocenters. The van der Waals surface area contributed by atoms with Gasteiger partial charge in [0.1, 0.15) is 0 Å². The van der Waals surface area contributed by atoms with E-state index in [1.165, 1.54) is 0 Å². The lowest BCUT2D eigenvalue weighted by Crippen LogP contribution is -2.42. The topological polar surface area (TPSA) is 69.6 Å². The molecule has 0 aromatic carbocycles. The van der Waals surface area contributed by atoms with E-state index in [1.807, 2.05) is 19.2 Å². The molecule has 1 aliphatic rings. The summed E-state index contributed by atoms with van der Waals surface area (Å²) in [6, 6.07) is 0. The van der Waals surface area contributed by atoms with Crippen LogP contribution < -0.4 is 5.32 Å². The zero-order chi connectivity index (χ0) is 12.8. The lowest BCUT2D eigenvalue weighted by atomic mass is 9.82. The van der Waals surface area contributed by atoms with E-state index in [4.69, 9.17) is 5.11 Å². The van der Waals surface area contributed by atoms with Gasteiger partial charge in [0, 0.05) is 20.1 Å². The first-order chi connectivity index (χ1) is 8.07. The molecule has 17 heavy (non-hydrogen) atoms. The second-order valence-electron chi connectivity index (χ2n) is 4.36. The van der Waals surface area contributed by atoms with Crippen molar-refractivity contribution in [1.82, 2.24) is 10.2 Å². The second kappa shape index (κ2) is 6.39. The van der Waals surface area contributed by atoms with Gasteiger partial charge >= 0.3 is 5.97 Å². The van der Waals surface area contributed by atoms with Gasteiger partial charge in [0.2, 0.25) is 5.91 Å². The van der Waals surface area contributed by atoms with Gasteiger partial charge in [0.15, 0.2) is 0 Å². The molecule has 0 saturated heterocycles. The molecule has 0 bridgehead atoms. The molecule has 0 aliphatic heterocycles. The molecule has 0 fully saturated rings. The fraction of sp³-hybridized carbons (Fsp3) is 0.667. The van der Waals surface area contributed by atoms with Crippen LogP contribution in [0.5, 0.6) is 0 Å². The number of rotatable bonds is 5. The summed E-state index contributed by atoms with van der Waals surface area (Å²) < 4.78 is 0. The second-order valence-corrected chi connectivity index (χ2v) is 4.36. The number of carbonyl (C=O) groups is 2. The smallest absolute Gasteiger partial charge is 0.307 e. The first-order valence-corrected chi connectivity index (χ1v) is 5.85. The van der Waals surface area contributed by atoms with Crippen LogP contribution in [0.4, 0.5) is 0 Å². The van der Waals surface area contributed by atoms with Gasteiger partial charge in [-0.25, -0.2) is 0 Å². The SMILES string of the molecule is CNCCN(C)C(=O)C1CC=CCC1C(=O)O. The number of nitrogens with zero attached hydrogens (tertiary/aromatic N) is 1. The van der Waals surface area contributed by atoms with Gasteiger partial charge in [-0.1, -0.05) is 12.2 Å². The Labute approximate surface area is 101 Å². The van der Waals surface area contributed by atoms with Crippen LogP contribution in [-0.2, 0) is 9.59 Å². The van der Waals surface area contributed by atoms with Crippen LogP contribution in [0.2, 0.25) is 0 Å². The van der Waals surface area contributed by atoms with Gasteiger partial charge in [-0.2, -0.15) is 0 Å². The maximum Gasteiger partial charge on any atom is 0.307 e. The van der Waals surface area contributed by atoms with Crippen LogP contribution in [0.3, 0.4) is 0 Å². The molecule has 0 saturated carbocycles. The summed E-state index contributed by atoms with van der Waals surface area (Å²) in [7, 11) is 3.54. The Morgan fingerprint density at radius 3 is 2.47 bits per heavy atom. The number of amides is 1. The van der Waals surface area contributed by atoms with E-state index in [0.29, 0.717) is 25.9 Å². The number of carboxylic acids is 1. The predicted molar refractivity (Wildman–Crippen MR) is 64.6 cm³/mol. The first-order valence-electron chi connectivity index (χ1n) is 5.85. The molecule has 5 heteroatoms. The Bertz CT molecular complexity index is 315. The average molecular weight is 240 g/mol. The number of carbonyl (C=O) groups excluding carboxylic acids is 1. The molecule has 0 spiro atoms. The Morgan fingerprint density at radius 2 is 1.94 bits per heavy atom. The van der Waals surface area contributed by atoms with Gasteiger partial charge in [-0.05, 0) is 19.9 Å². The Kier molecular flexibility index (Phi) is 5.15. The zero-order valence-electron chi connectivity index (χ0n) is 10.3. The van der Waals surface area contributed by atoms with Crippen molar-refractivity contribution in [2.24, 2.45) is 11.8 Å². The quantitative estimate of drug-likeness (QED) is 0.679. The van der Waals surface area contributed by atoms with E-state index < -0.39 is 17.8 Å². The van der Waals surface area contributed by atoms with Crippen LogP contribution in [0.1, 0.15) is 12.8 Å². The summed E-state index contributed by atoms with van der Waals surface area (Å²) in [4.78, 5) is 24.8. The average Bonchev–Trinajstić information content (AvgIpc) is 2.34. The van der Waals surface area contributed by atoms with Gasteiger partial charge < -0.3 is 15.3 Å². The third-order valence-electron chi connectivity index (χ3n) is 3.14. The van der Waals surface area contributed by atoms with Crippen molar-refractivity contribution < 1.29 is 14.7 Å². The summed E-state index contributed by atoms with van der Waals surface area (Å²) in [6.07, 6.45) is 4.72. The van der Waals surface area contributed by atoms with Crippen molar-refractivity contribution in [3.05, 3.63) is 12.2 Å². The highest BCUT2D eigenvalue weighted by Gasteiger charge is 2.35. The van der Waals surface area contributed by atoms with E-state index >= 15 is 0 Å². The van der Waals surface area contributed by atoms with Crippen molar-refractivity contribution in [2.75, 3.05) is 27.2 Å². The van der Waals surface area contributed by atoms with Crippen molar-refractivity contribution in [2.45, 2.75) is 12.8 Å². The van der Waals surface area contributed by atoms with Gasteiger partial charge in [0.05, 0.1) is 11.8 Å². The largest absolute Gasteiger partial charge is 0.481 e. The number of likely N-dealkylation sites (N-methyl/N-ethyl adjacent to an activating group) is 2. The predicted octanol–water partition coefficient (Wildman–Crippen LogP) is 0.331. The van der Waals surface area contributed by atoms with E-state index in [9.17, 15) is 9.59 Å². The summed E-state index contributed by atoms with van der Waals surface area (Å²) in [5, 5.41) is 12.1. The maximum atomic E-state index is 12.1. The Morgan fingerprint density at radius 1 is 1.35 bits per heavy atom. The fourth-order valence-corrected chi connectivity index (χ4v) is 2.03. The van der Waals surface area contributed by atoms with E-state index in [0.717, 1.165) is 0 Å². The molecule has 2 N–H and O–H groups in total. The summed E-state index contributed by atoms with van der Waals surface area (Å²) in [6.45, 7) is 1.31. The minimum Gasteiger partial charge on any atom is -0.481 e. The maximum absolute atomic E-state index is 12.1. The molecule has 0 aromatic rings.